The first-order chi connectivity index (χ1) is 28.1. The van der Waals surface area contributed by atoms with Gasteiger partial charge in [0.2, 0.25) is 47.3 Å². The predicted molar refractivity (Wildman–Crippen MR) is 224 cm³/mol. The molecule has 0 aromatic heterocycles. The minimum absolute atomic E-state index is 0.249. The van der Waals surface area contributed by atoms with E-state index >= 15 is 0 Å². The molecule has 0 saturated carbocycles. The molecule has 0 fully saturated rings. The molecule has 0 aliphatic heterocycles. The first-order valence-electron chi connectivity index (χ1n) is 18.0. The Kier molecular flexibility index (Phi) is 27.3. The minimum Gasteiger partial charge on any atom is -0.481 e. The Morgan fingerprint density at radius 1 is 0.550 bits per heavy atom. The highest BCUT2D eigenvalue weighted by Crippen LogP contribution is 2.05. The SMILES string of the molecule is CSCC[C@H](N)C(=O)N[C@@H](CS)C(=O)N[C@H](C(=O)N[C@@H](CCC(=O)O)C(=O)N[C@@H](CO)C(=O)N[C@@H](C)C(=O)N[C@@H](CS)C(=O)N[C@@H](CO)C(=O)N[C@@H](CS)C(=O)O)[C@@H](C)O. The normalized spacial score (nSPS) is 16.0. The van der Waals surface area contributed by atoms with Crippen LogP contribution in [0.4, 0.5) is 0 Å². The average molecular weight is 934 g/mol. The van der Waals surface area contributed by atoms with E-state index in [1.54, 1.807) is 0 Å². The van der Waals surface area contributed by atoms with Gasteiger partial charge in [-0.2, -0.15) is 49.6 Å². The lowest BCUT2D eigenvalue weighted by Gasteiger charge is -2.27. The van der Waals surface area contributed by atoms with Crippen molar-refractivity contribution in [2.24, 2.45) is 5.73 Å². The molecule has 0 aromatic carbocycles. The van der Waals surface area contributed by atoms with Gasteiger partial charge in [0.25, 0.3) is 0 Å². The van der Waals surface area contributed by atoms with Gasteiger partial charge in [-0.1, -0.05) is 0 Å². The topological polar surface area (TPSA) is 394 Å². The molecule has 60 heavy (non-hydrogen) atoms. The van der Waals surface area contributed by atoms with E-state index in [-0.39, 0.29) is 17.3 Å². The first-order valence-corrected chi connectivity index (χ1v) is 21.3. The molecule has 0 rings (SSSR count). The summed E-state index contributed by atoms with van der Waals surface area (Å²) in [6, 6.07) is -13.6. The number of amides is 8. The monoisotopic (exact) mass is 933 g/mol. The molecule has 0 aliphatic carbocycles. The number of aliphatic hydroxyl groups is 3. The number of carboxylic acids is 2. The molecule has 0 saturated heterocycles. The highest BCUT2D eigenvalue weighted by molar-refractivity contribution is 7.98. The van der Waals surface area contributed by atoms with Gasteiger partial charge in [0.15, 0.2) is 0 Å². The zero-order valence-electron chi connectivity index (χ0n) is 32.8. The van der Waals surface area contributed by atoms with Gasteiger partial charge in [-0.25, -0.2) is 4.79 Å². The highest BCUT2D eigenvalue weighted by Gasteiger charge is 2.35. The van der Waals surface area contributed by atoms with E-state index < -0.39 is 146 Å². The zero-order valence-corrected chi connectivity index (χ0v) is 36.3. The van der Waals surface area contributed by atoms with Crippen LogP contribution in [0.15, 0.2) is 0 Å². The quantitative estimate of drug-likeness (QED) is 0.0310. The average Bonchev–Trinajstić information content (AvgIpc) is 3.20. The Labute approximate surface area is 365 Å². The third-order valence-corrected chi connectivity index (χ3v) is 9.86. The van der Waals surface area contributed by atoms with Crippen LogP contribution in [0, 0.1) is 0 Å². The van der Waals surface area contributed by atoms with E-state index in [2.05, 4.69) is 80.4 Å². The Hall–Kier alpha value is -4.06. The molecule has 0 heterocycles. The van der Waals surface area contributed by atoms with E-state index in [0.717, 1.165) is 13.8 Å². The fraction of sp³-hybridized carbons (Fsp3) is 0.688. The molecule has 342 valence electrons. The summed E-state index contributed by atoms with van der Waals surface area (Å²) >= 11 is 13.3. The van der Waals surface area contributed by atoms with Crippen LogP contribution in [0.1, 0.15) is 33.1 Å². The van der Waals surface area contributed by atoms with Gasteiger partial charge in [-0.3, -0.25) is 43.2 Å². The minimum atomic E-state index is -1.81. The van der Waals surface area contributed by atoms with Crippen molar-refractivity contribution in [3.63, 3.8) is 0 Å². The number of nitrogens with two attached hydrogens (primary N) is 1. The molecule has 28 heteroatoms. The highest BCUT2D eigenvalue weighted by atomic mass is 32.2. The van der Waals surface area contributed by atoms with E-state index in [1.807, 2.05) is 6.26 Å². The molecular formula is C32H55N9O15S4. The van der Waals surface area contributed by atoms with Crippen LogP contribution < -0.4 is 48.3 Å². The zero-order chi connectivity index (χ0) is 46.3. The van der Waals surface area contributed by atoms with Crippen LogP contribution in [0.2, 0.25) is 0 Å². The third kappa shape index (κ3) is 20.0. The molecule has 0 radical (unpaired) electrons. The summed E-state index contributed by atoms with van der Waals surface area (Å²) in [6.45, 7) is 0.216. The summed E-state index contributed by atoms with van der Waals surface area (Å²) in [6.07, 6.45) is -0.796. The number of hydrogen-bond donors (Lipinski definition) is 17. The molecule has 0 aromatic rings. The fourth-order valence-corrected chi connectivity index (χ4v) is 5.82. The Morgan fingerprint density at radius 3 is 1.38 bits per heavy atom. The van der Waals surface area contributed by atoms with Gasteiger partial charge in [-0.05, 0) is 38.7 Å². The number of carboxylic acid groups (broad SMARTS) is 2. The van der Waals surface area contributed by atoms with E-state index in [4.69, 9.17) is 10.8 Å². The van der Waals surface area contributed by atoms with Crippen molar-refractivity contribution in [3.05, 3.63) is 0 Å². The molecule has 10 atom stereocenters. The number of thioether (sulfide) groups is 1. The molecule has 8 amide bonds. The van der Waals surface area contributed by atoms with E-state index in [1.165, 1.54) is 11.8 Å². The number of aliphatic carboxylic acids is 2. The van der Waals surface area contributed by atoms with Gasteiger partial charge in [0.05, 0.1) is 25.4 Å². The fourth-order valence-electron chi connectivity index (χ4n) is 4.57. The number of rotatable bonds is 29. The summed E-state index contributed by atoms with van der Waals surface area (Å²) in [4.78, 5) is 126. The standard InChI is InChI=1S/C32H55N9O15S4/c1-13(24(47)38-19(10-57)29(52)37-18(9-43)28(51)40-21(12-59)32(55)56)34-27(50)17(8-42)36-26(49)16(4-5-22(45)46)35-31(54)23(14(2)44)41-30(53)20(11-58)39-25(48)15(33)6-7-60-3/h13-21,23,42-44,57-59H,4-12,33H2,1-3H3,(H,34,50)(H,35,54)(H,36,49)(H,37,52)(H,38,47)(H,39,48)(H,40,51)(H,41,53)(H,45,46)(H,55,56)/t13-,14+,15-,16-,17-,18-,19-,20-,21-,23-/m0/s1. The summed E-state index contributed by atoms with van der Waals surface area (Å²) in [7, 11) is 0. The maximum Gasteiger partial charge on any atom is 0.327 e. The summed E-state index contributed by atoms with van der Waals surface area (Å²) in [5.74, 6) is -11.5. The van der Waals surface area contributed by atoms with Gasteiger partial charge in [-0.15, -0.1) is 0 Å². The van der Waals surface area contributed by atoms with Gasteiger partial charge >= 0.3 is 11.9 Å². The maximum atomic E-state index is 13.3. The lowest BCUT2D eigenvalue weighted by molar-refractivity contribution is -0.142. The Balaban J connectivity index is 5.79. The lowest BCUT2D eigenvalue weighted by Crippen LogP contribution is -2.62. The van der Waals surface area contributed by atoms with Crippen molar-refractivity contribution >= 4 is 109 Å². The van der Waals surface area contributed by atoms with Crippen molar-refractivity contribution in [2.45, 2.75) is 93.6 Å². The largest absolute Gasteiger partial charge is 0.481 e. The first kappa shape index (κ1) is 55.9. The Morgan fingerprint density at radius 2 is 0.950 bits per heavy atom. The molecular weight excluding hydrogens is 879 g/mol. The number of aliphatic hydroxyl groups excluding tert-OH is 3. The lowest BCUT2D eigenvalue weighted by atomic mass is 10.1. The molecule has 15 N–H and O–H groups in total. The van der Waals surface area contributed by atoms with E-state index in [9.17, 15) is 68.4 Å². The number of hydrogen-bond acceptors (Lipinski definition) is 18. The van der Waals surface area contributed by atoms with Crippen molar-refractivity contribution in [1.82, 2.24) is 42.5 Å². The maximum absolute atomic E-state index is 13.3. The summed E-state index contributed by atoms with van der Waals surface area (Å²) in [5.41, 5.74) is 5.84. The molecule has 0 unspecified atom stereocenters. The van der Waals surface area contributed by atoms with Crippen LogP contribution in [0.25, 0.3) is 0 Å². The smallest absolute Gasteiger partial charge is 0.327 e. The molecule has 0 bridgehead atoms. The van der Waals surface area contributed by atoms with Crippen LogP contribution in [-0.4, -0.2) is 188 Å². The third-order valence-electron chi connectivity index (χ3n) is 8.12. The number of carbonyl (C=O) groups excluding carboxylic acids is 8. The van der Waals surface area contributed by atoms with Gasteiger partial charge < -0.3 is 73.8 Å². The summed E-state index contributed by atoms with van der Waals surface area (Å²) < 4.78 is 0. The van der Waals surface area contributed by atoms with Crippen LogP contribution >= 0.6 is 49.6 Å². The van der Waals surface area contributed by atoms with Crippen molar-refractivity contribution in [3.8, 4) is 0 Å². The summed E-state index contributed by atoms with van der Waals surface area (Å²) in [5, 5.41) is 65.8. The van der Waals surface area contributed by atoms with Crippen molar-refractivity contribution in [1.29, 1.82) is 0 Å². The van der Waals surface area contributed by atoms with Crippen molar-refractivity contribution in [2.75, 3.05) is 42.5 Å². The number of thiol groups is 3. The second-order valence-electron chi connectivity index (χ2n) is 12.9. The van der Waals surface area contributed by atoms with E-state index in [0.29, 0.717) is 12.2 Å². The van der Waals surface area contributed by atoms with Crippen LogP contribution in [0.3, 0.4) is 0 Å². The van der Waals surface area contributed by atoms with Gasteiger partial charge in [0, 0.05) is 23.7 Å². The predicted octanol–water partition coefficient (Wildman–Crippen LogP) is -6.93. The van der Waals surface area contributed by atoms with Crippen LogP contribution in [-0.2, 0) is 47.9 Å². The number of carbonyl (C=O) groups is 10. The van der Waals surface area contributed by atoms with Crippen LogP contribution in [0.5, 0.6) is 0 Å². The molecule has 0 aliphatic rings. The Bertz CT molecular complexity index is 1520. The second kappa shape index (κ2) is 29.2. The molecule has 24 nitrogen and oxygen atoms in total. The van der Waals surface area contributed by atoms with Gasteiger partial charge in [0.1, 0.15) is 48.3 Å². The molecule has 0 spiro atoms. The van der Waals surface area contributed by atoms with Crippen molar-refractivity contribution < 1.29 is 73.5 Å². The second-order valence-corrected chi connectivity index (χ2v) is 15.0. The number of nitrogens with one attached hydrogen (secondary N) is 8.